The number of hydrogen-bond acceptors (Lipinski definition) is 2. The summed E-state index contributed by atoms with van der Waals surface area (Å²) in [6.07, 6.45) is 1.78. The van der Waals surface area contributed by atoms with E-state index in [1.807, 2.05) is 24.6 Å². The van der Waals surface area contributed by atoms with Crippen molar-refractivity contribution in [3.05, 3.63) is 41.7 Å². The van der Waals surface area contributed by atoms with E-state index < -0.39 is 5.97 Å². The highest BCUT2D eigenvalue weighted by Gasteiger charge is 2.09. The maximum absolute atomic E-state index is 10.9. The summed E-state index contributed by atoms with van der Waals surface area (Å²) in [6, 6.07) is 6.91. The molecular weight excluding hydrogens is 216 g/mol. The molecule has 0 aliphatic heterocycles. The smallest absolute Gasteiger partial charge is 0.335 e. The van der Waals surface area contributed by atoms with Gasteiger partial charge in [-0.3, -0.25) is 4.68 Å². The van der Waals surface area contributed by atoms with Gasteiger partial charge in [-0.2, -0.15) is 5.10 Å². The first kappa shape index (κ1) is 11.4. The molecule has 0 spiro atoms. The van der Waals surface area contributed by atoms with Crippen LogP contribution in [0.15, 0.2) is 30.5 Å². The summed E-state index contributed by atoms with van der Waals surface area (Å²) in [4.78, 5) is 10.9. The van der Waals surface area contributed by atoms with E-state index >= 15 is 0 Å². The lowest BCUT2D eigenvalue weighted by molar-refractivity contribution is 0.0697. The van der Waals surface area contributed by atoms with E-state index in [4.69, 9.17) is 5.11 Å². The van der Waals surface area contributed by atoms with Crippen molar-refractivity contribution in [2.24, 2.45) is 0 Å². The van der Waals surface area contributed by atoms with Gasteiger partial charge in [-0.25, -0.2) is 4.79 Å². The van der Waals surface area contributed by atoms with Crippen LogP contribution in [0.5, 0.6) is 0 Å². The van der Waals surface area contributed by atoms with Crippen LogP contribution in [0.3, 0.4) is 0 Å². The van der Waals surface area contributed by atoms with Gasteiger partial charge in [-0.1, -0.05) is 12.1 Å². The van der Waals surface area contributed by atoms with E-state index in [1.165, 1.54) is 0 Å². The number of benzene rings is 1. The minimum atomic E-state index is -0.910. The predicted octanol–water partition coefficient (Wildman–Crippen LogP) is 2.58. The van der Waals surface area contributed by atoms with Gasteiger partial charge in [0.25, 0.3) is 0 Å². The van der Waals surface area contributed by atoms with E-state index in [-0.39, 0.29) is 0 Å². The Morgan fingerprint density at radius 2 is 2.24 bits per heavy atom. The first-order valence-corrected chi connectivity index (χ1v) is 5.49. The van der Waals surface area contributed by atoms with E-state index in [9.17, 15) is 4.79 Å². The second-order valence-electron chi connectivity index (χ2n) is 3.85. The van der Waals surface area contributed by atoms with Gasteiger partial charge in [0.15, 0.2) is 0 Å². The highest BCUT2D eigenvalue weighted by molar-refractivity contribution is 5.89. The Bertz CT molecular complexity index is 558. The van der Waals surface area contributed by atoms with Crippen LogP contribution in [-0.2, 0) is 6.54 Å². The number of aromatic nitrogens is 2. The van der Waals surface area contributed by atoms with E-state index in [0.29, 0.717) is 5.56 Å². The Morgan fingerprint density at radius 1 is 1.47 bits per heavy atom. The number of nitrogens with zero attached hydrogens (tertiary/aromatic N) is 2. The van der Waals surface area contributed by atoms with Gasteiger partial charge in [0, 0.05) is 17.8 Å². The van der Waals surface area contributed by atoms with Crippen molar-refractivity contribution in [3.63, 3.8) is 0 Å². The molecule has 1 aromatic heterocycles. The SMILES string of the molecule is CCn1ncc(-c2cccc(C(=O)O)c2)c1C. The molecule has 1 heterocycles. The van der Waals surface area contributed by atoms with Crippen LogP contribution in [0.1, 0.15) is 23.0 Å². The van der Waals surface area contributed by atoms with Crippen molar-refractivity contribution in [3.8, 4) is 11.1 Å². The summed E-state index contributed by atoms with van der Waals surface area (Å²) in [7, 11) is 0. The van der Waals surface area contributed by atoms with Gasteiger partial charge in [0.05, 0.1) is 11.8 Å². The van der Waals surface area contributed by atoms with Gasteiger partial charge >= 0.3 is 5.97 Å². The number of carboxylic acids is 1. The van der Waals surface area contributed by atoms with Crippen molar-refractivity contribution >= 4 is 5.97 Å². The molecule has 1 N–H and O–H groups in total. The predicted molar refractivity (Wildman–Crippen MR) is 65.0 cm³/mol. The van der Waals surface area contributed by atoms with Crippen molar-refractivity contribution in [1.29, 1.82) is 0 Å². The monoisotopic (exact) mass is 230 g/mol. The fraction of sp³-hybridized carbons (Fsp3) is 0.231. The van der Waals surface area contributed by atoms with Crippen LogP contribution in [0.25, 0.3) is 11.1 Å². The maximum atomic E-state index is 10.9. The average Bonchev–Trinajstić information content (AvgIpc) is 2.70. The zero-order valence-corrected chi connectivity index (χ0v) is 9.84. The molecule has 0 unspecified atom stereocenters. The molecule has 0 atom stereocenters. The Labute approximate surface area is 99.5 Å². The molecule has 0 aliphatic carbocycles. The molecular formula is C13H14N2O2. The highest BCUT2D eigenvalue weighted by atomic mass is 16.4. The molecule has 17 heavy (non-hydrogen) atoms. The molecule has 1 aromatic carbocycles. The Morgan fingerprint density at radius 3 is 2.82 bits per heavy atom. The molecule has 0 fully saturated rings. The van der Waals surface area contributed by atoms with Gasteiger partial charge in [0.1, 0.15) is 0 Å². The number of carbonyl (C=O) groups is 1. The number of aromatic carboxylic acids is 1. The lowest BCUT2D eigenvalue weighted by atomic mass is 10.0. The number of hydrogen-bond donors (Lipinski definition) is 1. The molecule has 4 nitrogen and oxygen atoms in total. The van der Waals surface area contributed by atoms with Crippen molar-refractivity contribution in [2.45, 2.75) is 20.4 Å². The van der Waals surface area contributed by atoms with Crippen LogP contribution in [-0.4, -0.2) is 20.9 Å². The Hall–Kier alpha value is -2.10. The summed E-state index contributed by atoms with van der Waals surface area (Å²) in [5.41, 5.74) is 3.22. The molecule has 4 heteroatoms. The number of rotatable bonds is 3. The Kier molecular flexibility index (Phi) is 2.95. The molecule has 2 rings (SSSR count). The third-order valence-corrected chi connectivity index (χ3v) is 2.82. The molecule has 0 saturated carbocycles. The minimum Gasteiger partial charge on any atom is -0.478 e. The summed E-state index contributed by atoms with van der Waals surface area (Å²) < 4.78 is 1.89. The molecule has 0 amide bonds. The largest absolute Gasteiger partial charge is 0.478 e. The molecule has 0 bridgehead atoms. The summed E-state index contributed by atoms with van der Waals surface area (Å²) >= 11 is 0. The summed E-state index contributed by atoms with van der Waals surface area (Å²) in [6.45, 7) is 4.82. The fourth-order valence-corrected chi connectivity index (χ4v) is 1.87. The van der Waals surface area contributed by atoms with Gasteiger partial charge in [-0.15, -0.1) is 0 Å². The average molecular weight is 230 g/mol. The van der Waals surface area contributed by atoms with Crippen LogP contribution >= 0.6 is 0 Å². The fourth-order valence-electron chi connectivity index (χ4n) is 1.87. The minimum absolute atomic E-state index is 0.297. The van der Waals surface area contributed by atoms with E-state index in [0.717, 1.165) is 23.4 Å². The van der Waals surface area contributed by atoms with Gasteiger partial charge < -0.3 is 5.11 Å². The summed E-state index contributed by atoms with van der Waals surface area (Å²) in [5, 5.41) is 13.2. The Balaban J connectivity index is 2.49. The highest BCUT2D eigenvalue weighted by Crippen LogP contribution is 2.23. The third kappa shape index (κ3) is 2.06. The van der Waals surface area contributed by atoms with Crippen molar-refractivity contribution in [1.82, 2.24) is 9.78 Å². The first-order valence-electron chi connectivity index (χ1n) is 5.49. The molecule has 0 aliphatic rings. The number of carboxylic acid groups (broad SMARTS) is 1. The second-order valence-corrected chi connectivity index (χ2v) is 3.85. The van der Waals surface area contributed by atoms with Crippen LogP contribution < -0.4 is 0 Å². The zero-order chi connectivity index (χ0) is 12.4. The standard InChI is InChI=1S/C13H14N2O2/c1-3-15-9(2)12(8-14-15)10-5-4-6-11(7-10)13(16)17/h4-8H,3H2,1-2H3,(H,16,17). The topological polar surface area (TPSA) is 55.1 Å². The van der Waals surface area contributed by atoms with Crippen molar-refractivity contribution in [2.75, 3.05) is 0 Å². The maximum Gasteiger partial charge on any atom is 0.335 e. The van der Waals surface area contributed by atoms with Crippen molar-refractivity contribution < 1.29 is 9.90 Å². The third-order valence-electron chi connectivity index (χ3n) is 2.82. The second kappa shape index (κ2) is 4.41. The van der Waals surface area contributed by atoms with Gasteiger partial charge in [-0.05, 0) is 31.5 Å². The van der Waals surface area contributed by atoms with Crippen LogP contribution in [0.4, 0.5) is 0 Å². The lowest BCUT2D eigenvalue weighted by Gasteiger charge is -2.03. The first-order chi connectivity index (χ1) is 8.13. The van der Waals surface area contributed by atoms with Crippen LogP contribution in [0.2, 0.25) is 0 Å². The molecule has 0 radical (unpaired) electrons. The zero-order valence-electron chi connectivity index (χ0n) is 9.84. The van der Waals surface area contributed by atoms with Crippen LogP contribution in [0, 0.1) is 6.92 Å². The quantitative estimate of drug-likeness (QED) is 0.881. The lowest BCUT2D eigenvalue weighted by Crippen LogP contribution is -1.99. The number of aryl methyl sites for hydroxylation is 1. The van der Waals surface area contributed by atoms with E-state index in [1.54, 1.807) is 24.4 Å². The molecule has 88 valence electrons. The summed E-state index contributed by atoms with van der Waals surface area (Å²) in [5.74, 6) is -0.910. The normalized spacial score (nSPS) is 10.5. The van der Waals surface area contributed by atoms with E-state index in [2.05, 4.69) is 5.10 Å². The molecule has 2 aromatic rings. The van der Waals surface area contributed by atoms with Gasteiger partial charge in [0.2, 0.25) is 0 Å². The molecule has 0 saturated heterocycles.